The molecule has 1 aliphatic carbocycles. The van der Waals surface area contributed by atoms with Crippen LogP contribution in [0.4, 0.5) is 11.4 Å². The van der Waals surface area contributed by atoms with Crippen molar-refractivity contribution in [2.24, 2.45) is 17.8 Å². The van der Waals surface area contributed by atoms with Gasteiger partial charge in [-0.3, -0.25) is 29.0 Å². The Morgan fingerprint density at radius 1 is 1.03 bits per heavy atom. The van der Waals surface area contributed by atoms with Crippen molar-refractivity contribution in [2.45, 2.75) is 52.2 Å². The van der Waals surface area contributed by atoms with Gasteiger partial charge in [-0.05, 0) is 44.2 Å². The van der Waals surface area contributed by atoms with Crippen molar-refractivity contribution in [3.8, 4) is 0 Å². The molecule has 2 aliphatic heterocycles. The Bertz CT molecular complexity index is 1040. The lowest BCUT2D eigenvalue weighted by Crippen LogP contribution is -2.50. The van der Waals surface area contributed by atoms with Crippen molar-refractivity contribution in [3.05, 3.63) is 36.4 Å². The van der Waals surface area contributed by atoms with Gasteiger partial charge in [-0.15, -0.1) is 0 Å². The number of rotatable bonds is 6. The number of likely N-dealkylation sites (tertiary alicyclic amines) is 1. The highest BCUT2D eigenvalue weighted by Crippen LogP contribution is 2.37. The van der Waals surface area contributed by atoms with Gasteiger partial charge in [-0.25, -0.2) is 4.79 Å². The fourth-order valence-electron chi connectivity index (χ4n) is 4.84. The average Bonchev–Trinajstić information content (AvgIpc) is 3.06. The van der Waals surface area contributed by atoms with Gasteiger partial charge in [0.2, 0.25) is 17.7 Å². The molecule has 0 aromatic heterocycles. The molecular weight excluding hydrogens is 438 g/mol. The summed E-state index contributed by atoms with van der Waals surface area (Å²) in [6.07, 6.45) is 3.75. The van der Waals surface area contributed by atoms with Gasteiger partial charge in [0.15, 0.2) is 6.10 Å². The molecule has 180 valence electrons. The molecule has 0 spiro atoms. The summed E-state index contributed by atoms with van der Waals surface area (Å²) >= 11 is 0. The van der Waals surface area contributed by atoms with E-state index < -0.39 is 35.9 Å². The lowest BCUT2D eigenvalue weighted by molar-refractivity contribution is -0.165. The summed E-state index contributed by atoms with van der Waals surface area (Å²) < 4.78 is 5.52. The normalized spacial score (nSPS) is 23.4. The fourth-order valence-corrected chi connectivity index (χ4v) is 4.84. The molecule has 0 saturated carbocycles. The number of ether oxygens (including phenoxy) is 1. The topological polar surface area (TPSA) is 113 Å². The number of nitrogens with zero attached hydrogens (tertiary/aromatic N) is 2. The van der Waals surface area contributed by atoms with Crippen LogP contribution in [0.15, 0.2) is 36.4 Å². The molecule has 1 aromatic carbocycles. The highest BCUT2D eigenvalue weighted by atomic mass is 16.5. The average molecular weight is 468 g/mol. The van der Waals surface area contributed by atoms with Crippen molar-refractivity contribution in [1.82, 2.24) is 4.90 Å². The third-order valence-corrected chi connectivity index (χ3v) is 6.50. The quantitative estimate of drug-likeness (QED) is 0.390. The predicted octanol–water partition coefficient (Wildman–Crippen LogP) is 2.27. The lowest BCUT2D eigenvalue weighted by Gasteiger charge is -2.32. The molecule has 34 heavy (non-hydrogen) atoms. The molecule has 4 rings (SSSR count). The molecule has 1 N–H and O–H groups in total. The van der Waals surface area contributed by atoms with Crippen LogP contribution in [0.2, 0.25) is 0 Å². The van der Waals surface area contributed by atoms with Gasteiger partial charge >= 0.3 is 5.97 Å². The van der Waals surface area contributed by atoms with E-state index in [9.17, 15) is 24.0 Å². The number of para-hydroxylation sites is 2. The van der Waals surface area contributed by atoms with Gasteiger partial charge in [0.1, 0.15) is 12.6 Å². The second kappa shape index (κ2) is 9.40. The Kier molecular flexibility index (Phi) is 6.54. The number of esters is 1. The molecule has 4 amide bonds. The molecule has 9 nitrogen and oxygen atoms in total. The number of hydrogen-bond acceptors (Lipinski definition) is 6. The molecule has 1 fully saturated rings. The van der Waals surface area contributed by atoms with Crippen LogP contribution < -0.4 is 10.2 Å². The summed E-state index contributed by atoms with van der Waals surface area (Å²) in [5, 5.41) is 2.71. The zero-order chi connectivity index (χ0) is 24.6. The van der Waals surface area contributed by atoms with Crippen molar-refractivity contribution in [1.29, 1.82) is 0 Å². The SMILES string of the molecule is CC(C)CC(C(=O)OC(C)C(=O)N1CC(=O)Nc2ccccc21)N1C(=O)C2CC=CCC2C1=O. The molecule has 9 heteroatoms. The second-order valence-corrected chi connectivity index (χ2v) is 9.42. The number of carbonyl (C=O) groups excluding carboxylic acids is 5. The van der Waals surface area contributed by atoms with E-state index in [2.05, 4.69) is 5.32 Å². The van der Waals surface area contributed by atoms with E-state index in [1.54, 1.807) is 24.3 Å². The maximum atomic E-state index is 13.2. The summed E-state index contributed by atoms with van der Waals surface area (Å²) in [5.74, 6) is -3.33. The van der Waals surface area contributed by atoms with E-state index in [0.29, 0.717) is 24.2 Å². The minimum atomic E-state index is -1.21. The number of nitrogens with one attached hydrogen (secondary N) is 1. The van der Waals surface area contributed by atoms with Crippen LogP contribution in [0.3, 0.4) is 0 Å². The molecule has 3 aliphatic rings. The molecule has 4 atom stereocenters. The summed E-state index contributed by atoms with van der Waals surface area (Å²) in [6.45, 7) is 5.00. The van der Waals surface area contributed by atoms with Crippen LogP contribution >= 0.6 is 0 Å². The van der Waals surface area contributed by atoms with E-state index in [1.807, 2.05) is 26.0 Å². The van der Waals surface area contributed by atoms with Gasteiger partial charge in [-0.1, -0.05) is 38.1 Å². The highest BCUT2D eigenvalue weighted by molar-refractivity contribution is 6.11. The van der Waals surface area contributed by atoms with E-state index in [4.69, 9.17) is 4.74 Å². The second-order valence-electron chi connectivity index (χ2n) is 9.42. The van der Waals surface area contributed by atoms with Crippen LogP contribution in [0.5, 0.6) is 0 Å². The van der Waals surface area contributed by atoms with Crippen LogP contribution in [-0.2, 0) is 28.7 Å². The fraction of sp³-hybridized carbons (Fsp3) is 0.480. The third kappa shape index (κ3) is 4.34. The van der Waals surface area contributed by atoms with Crippen molar-refractivity contribution < 1.29 is 28.7 Å². The lowest BCUT2D eigenvalue weighted by atomic mass is 9.85. The molecular formula is C25H29N3O6. The molecule has 0 radical (unpaired) electrons. The number of benzene rings is 1. The third-order valence-electron chi connectivity index (χ3n) is 6.50. The molecule has 1 saturated heterocycles. The van der Waals surface area contributed by atoms with Gasteiger partial charge in [-0.2, -0.15) is 0 Å². The molecule has 1 aromatic rings. The van der Waals surface area contributed by atoms with E-state index >= 15 is 0 Å². The first kappa shape index (κ1) is 23.7. The number of fused-ring (bicyclic) bond motifs is 2. The maximum Gasteiger partial charge on any atom is 0.330 e. The smallest absolute Gasteiger partial charge is 0.330 e. The zero-order valence-electron chi connectivity index (χ0n) is 19.5. The van der Waals surface area contributed by atoms with Gasteiger partial charge in [0.05, 0.1) is 23.2 Å². The summed E-state index contributed by atoms with van der Waals surface area (Å²) in [4.78, 5) is 66.9. The van der Waals surface area contributed by atoms with Gasteiger partial charge in [0.25, 0.3) is 5.91 Å². The predicted molar refractivity (Wildman–Crippen MR) is 123 cm³/mol. The molecule has 4 unspecified atom stereocenters. The molecule has 0 bridgehead atoms. The number of amides is 4. The van der Waals surface area contributed by atoms with Crippen molar-refractivity contribution in [3.63, 3.8) is 0 Å². The van der Waals surface area contributed by atoms with Crippen LogP contribution in [0.1, 0.15) is 40.0 Å². The summed E-state index contributed by atoms with van der Waals surface area (Å²) in [6, 6.07) is 5.76. The van der Waals surface area contributed by atoms with E-state index in [-0.39, 0.29) is 36.6 Å². The van der Waals surface area contributed by atoms with Crippen LogP contribution in [0, 0.1) is 17.8 Å². The zero-order valence-corrected chi connectivity index (χ0v) is 19.5. The van der Waals surface area contributed by atoms with E-state index in [0.717, 1.165) is 4.90 Å². The van der Waals surface area contributed by atoms with Crippen molar-refractivity contribution in [2.75, 3.05) is 16.8 Å². The first-order chi connectivity index (χ1) is 16.2. The highest BCUT2D eigenvalue weighted by Gasteiger charge is 2.52. The minimum absolute atomic E-state index is 0.00239. The Labute approximate surface area is 198 Å². The first-order valence-electron chi connectivity index (χ1n) is 11.6. The minimum Gasteiger partial charge on any atom is -0.451 e. The number of carbonyl (C=O) groups is 5. The van der Waals surface area contributed by atoms with Crippen LogP contribution in [0.25, 0.3) is 0 Å². The Morgan fingerprint density at radius 3 is 2.26 bits per heavy atom. The van der Waals surface area contributed by atoms with Crippen LogP contribution in [-0.4, -0.2) is 53.2 Å². The largest absolute Gasteiger partial charge is 0.451 e. The summed E-state index contributed by atoms with van der Waals surface area (Å²) in [7, 11) is 0. The van der Waals surface area contributed by atoms with Crippen molar-refractivity contribution >= 4 is 41.0 Å². The number of anilines is 2. The summed E-state index contributed by atoms with van der Waals surface area (Å²) in [5.41, 5.74) is 1.00. The van der Waals surface area contributed by atoms with E-state index in [1.165, 1.54) is 11.8 Å². The van der Waals surface area contributed by atoms with Gasteiger partial charge in [0, 0.05) is 0 Å². The number of allylic oxidation sites excluding steroid dienone is 2. The Hall–Kier alpha value is -3.49. The monoisotopic (exact) mass is 467 g/mol. The number of hydrogen-bond donors (Lipinski definition) is 1. The molecule has 2 heterocycles. The standard InChI is InChI=1S/C25H29N3O6/c1-14(2)12-20(28-23(31)16-8-4-5-9-17(16)24(28)32)25(33)34-15(3)22(30)27-13-21(29)26-18-10-6-7-11-19(18)27/h4-7,10-11,14-17,20H,8-9,12-13H2,1-3H3,(H,26,29). The van der Waals surface area contributed by atoms with Gasteiger partial charge < -0.3 is 10.1 Å². The first-order valence-corrected chi connectivity index (χ1v) is 11.6. The number of imide groups is 1. The Morgan fingerprint density at radius 2 is 1.65 bits per heavy atom. The Balaban J connectivity index is 1.52. The maximum absolute atomic E-state index is 13.2.